The summed E-state index contributed by atoms with van der Waals surface area (Å²) in [4.78, 5) is 0. The molecule has 1 heterocycles. The Labute approximate surface area is 118 Å². The summed E-state index contributed by atoms with van der Waals surface area (Å²) >= 11 is 17.8. The van der Waals surface area contributed by atoms with Crippen LogP contribution < -0.4 is 4.68 Å². The van der Waals surface area contributed by atoms with Crippen molar-refractivity contribution in [3.8, 4) is 0 Å². The number of nitrogens with zero attached hydrogens (tertiary/aromatic N) is 2. The summed E-state index contributed by atoms with van der Waals surface area (Å²) < 4.78 is 2.58. The first kappa shape index (κ1) is 15.1. The van der Waals surface area contributed by atoms with Crippen LogP contribution in [0.25, 0.3) is 0 Å². The molecule has 0 N–H and O–H groups in total. The lowest BCUT2D eigenvalue weighted by Crippen LogP contribution is -2.43. The van der Waals surface area contributed by atoms with Crippen LogP contribution >= 0.6 is 34.8 Å². The Hall–Kier alpha value is 0.0800. The molecule has 17 heavy (non-hydrogen) atoms. The quantitative estimate of drug-likeness (QED) is 0.444. The molecule has 1 rings (SSSR count). The first-order chi connectivity index (χ1) is 7.88. The van der Waals surface area contributed by atoms with Crippen LogP contribution in [0.3, 0.4) is 0 Å². The maximum absolute atomic E-state index is 5.93. The van der Waals surface area contributed by atoms with Crippen molar-refractivity contribution in [2.75, 3.05) is 0 Å². The molecular formula is C12H20Cl3N2+. The predicted molar refractivity (Wildman–Crippen MR) is 73.7 cm³/mol. The lowest BCUT2D eigenvalue weighted by molar-refractivity contribution is -0.758. The molecule has 0 saturated carbocycles. The fourth-order valence-electron chi connectivity index (χ4n) is 1.93. The Morgan fingerprint density at radius 3 is 2.35 bits per heavy atom. The highest BCUT2D eigenvalue weighted by Crippen LogP contribution is 2.36. The monoisotopic (exact) mass is 297 g/mol. The SMILES string of the molecule is CCCCCCc1cc(C(Cl)(Cl)Cl)[n+](C)n1C. The van der Waals surface area contributed by atoms with Gasteiger partial charge in [-0.3, -0.25) is 0 Å². The van der Waals surface area contributed by atoms with Crippen molar-refractivity contribution in [1.29, 1.82) is 0 Å². The van der Waals surface area contributed by atoms with Crippen molar-refractivity contribution < 1.29 is 4.68 Å². The molecule has 2 nitrogen and oxygen atoms in total. The van der Waals surface area contributed by atoms with Crippen molar-refractivity contribution in [2.24, 2.45) is 14.1 Å². The van der Waals surface area contributed by atoms with E-state index in [0.717, 1.165) is 12.1 Å². The molecule has 5 heteroatoms. The number of alkyl halides is 3. The lowest BCUT2D eigenvalue weighted by atomic mass is 10.1. The van der Waals surface area contributed by atoms with Gasteiger partial charge in [-0.1, -0.05) is 61.0 Å². The van der Waals surface area contributed by atoms with Crippen LogP contribution in [0.5, 0.6) is 0 Å². The molecule has 0 bridgehead atoms. The van der Waals surface area contributed by atoms with E-state index in [1.54, 1.807) is 0 Å². The van der Waals surface area contributed by atoms with Gasteiger partial charge in [0.15, 0.2) is 7.05 Å². The molecule has 0 amide bonds. The normalized spacial score (nSPS) is 12.1. The average Bonchev–Trinajstić information content (AvgIpc) is 2.51. The maximum Gasteiger partial charge on any atom is 0.277 e. The van der Waals surface area contributed by atoms with Crippen LogP contribution in [0.4, 0.5) is 0 Å². The van der Waals surface area contributed by atoms with Gasteiger partial charge < -0.3 is 0 Å². The van der Waals surface area contributed by atoms with Crippen molar-refractivity contribution in [2.45, 2.75) is 42.8 Å². The van der Waals surface area contributed by atoms with E-state index < -0.39 is 3.79 Å². The third-order valence-electron chi connectivity index (χ3n) is 3.09. The Morgan fingerprint density at radius 2 is 1.88 bits per heavy atom. The van der Waals surface area contributed by atoms with E-state index in [-0.39, 0.29) is 0 Å². The van der Waals surface area contributed by atoms with Crippen molar-refractivity contribution in [3.05, 3.63) is 17.5 Å². The maximum atomic E-state index is 5.93. The van der Waals surface area contributed by atoms with E-state index in [1.165, 1.54) is 31.4 Å². The van der Waals surface area contributed by atoms with Crippen LogP contribution in [0.2, 0.25) is 0 Å². The molecule has 0 atom stereocenters. The second-order valence-corrected chi connectivity index (χ2v) is 6.66. The van der Waals surface area contributed by atoms with Crippen molar-refractivity contribution in [3.63, 3.8) is 0 Å². The zero-order valence-corrected chi connectivity index (χ0v) is 12.9. The minimum Gasteiger partial charge on any atom is -0.161 e. The van der Waals surface area contributed by atoms with Gasteiger partial charge in [0.2, 0.25) is 0 Å². The molecule has 0 aliphatic rings. The van der Waals surface area contributed by atoms with Crippen LogP contribution in [-0.2, 0) is 24.3 Å². The van der Waals surface area contributed by atoms with Crippen LogP contribution in [0.15, 0.2) is 6.07 Å². The number of rotatable bonds is 5. The first-order valence-corrected chi connectivity index (χ1v) is 7.13. The number of unbranched alkanes of at least 4 members (excludes halogenated alkanes) is 3. The zero-order valence-electron chi connectivity index (χ0n) is 10.6. The highest BCUT2D eigenvalue weighted by atomic mass is 35.6. The van der Waals surface area contributed by atoms with Gasteiger partial charge in [-0.2, -0.15) is 4.68 Å². The molecule has 1 aromatic heterocycles. The minimum absolute atomic E-state index is 0.718. The average molecular weight is 299 g/mol. The van der Waals surface area contributed by atoms with E-state index in [1.807, 2.05) is 29.5 Å². The van der Waals surface area contributed by atoms with Gasteiger partial charge in [0.25, 0.3) is 9.49 Å². The van der Waals surface area contributed by atoms with E-state index >= 15 is 0 Å². The molecule has 0 aliphatic carbocycles. The van der Waals surface area contributed by atoms with Gasteiger partial charge in [-0.15, -0.1) is 4.68 Å². The molecule has 1 aromatic rings. The highest BCUT2D eigenvalue weighted by molar-refractivity contribution is 6.66. The Kier molecular flexibility index (Phi) is 5.62. The van der Waals surface area contributed by atoms with E-state index in [2.05, 4.69) is 6.92 Å². The number of aromatic nitrogens is 2. The van der Waals surface area contributed by atoms with Crippen LogP contribution in [0, 0.1) is 0 Å². The van der Waals surface area contributed by atoms with Crippen molar-refractivity contribution >= 4 is 34.8 Å². The van der Waals surface area contributed by atoms with E-state index in [4.69, 9.17) is 34.8 Å². The topological polar surface area (TPSA) is 8.81 Å². The van der Waals surface area contributed by atoms with Gasteiger partial charge in [0, 0.05) is 6.07 Å². The smallest absolute Gasteiger partial charge is 0.161 e. The summed E-state index contributed by atoms with van der Waals surface area (Å²) in [6, 6.07) is 1.99. The first-order valence-electron chi connectivity index (χ1n) is 6.00. The van der Waals surface area contributed by atoms with Gasteiger partial charge >= 0.3 is 0 Å². The number of aryl methyl sites for hydroxylation is 1. The summed E-state index contributed by atoms with van der Waals surface area (Å²) in [6.45, 7) is 2.21. The lowest BCUT2D eigenvalue weighted by Gasteiger charge is -2.03. The molecule has 0 fully saturated rings. The fourth-order valence-corrected chi connectivity index (χ4v) is 2.46. The van der Waals surface area contributed by atoms with Crippen molar-refractivity contribution in [1.82, 2.24) is 4.68 Å². The largest absolute Gasteiger partial charge is 0.277 e. The van der Waals surface area contributed by atoms with Gasteiger partial charge in [-0.05, 0) is 12.8 Å². The molecule has 0 radical (unpaired) electrons. The van der Waals surface area contributed by atoms with Crippen LogP contribution in [0.1, 0.15) is 44.0 Å². The van der Waals surface area contributed by atoms with Crippen LogP contribution in [-0.4, -0.2) is 4.68 Å². The standard InChI is InChI=1S/C12H20Cl3N2/c1-4-5-6-7-8-10-9-11(12(13,14)15)17(3)16(10)2/h9H,4-8H2,1-3H3/q+1. The van der Waals surface area contributed by atoms with E-state index in [0.29, 0.717) is 0 Å². The van der Waals surface area contributed by atoms with E-state index in [9.17, 15) is 0 Å². The summed E-state index contributed by atoms with van der Waals surface area (Å²) in [6.07, 6.45) is 6.01. The Balaban J connectivity index is 2.74. The molecule has 0 aromatic carbocycles. The van der Waals surface area contributed by atoms with Gasteiger partial charge in [0.1, 0.15) is 0 Å². The number of hydrogen-bond donors (Lipinski definition) is 0. The molecular weight excluding hydrogens is 279 g/mol. The third-order valence-corrected chi connectivity index (χ3v) is 3.68. The molecule has 0 saturated heterocycles. The number of halogens is 3. The second kappa shape index (κ2) is 6.31. The summed E-state index contributed by atoms with van der Waals surface area (Å²) in [5.41, 5.74) is 1.93. The third kappa shape index (κ3) is 4.04. The zero-order chi connectivity index (χ0) is 13.1. The second-order valence-electron chi connectivity index (χ2n) is 4.38. The molecule has 0 spiro atoms. The molecule has 0 aliphatic heterocycles. The summed E-state index contributed by atoms with van der Waals surface area (Å²) in [5, 5.41) is 0. The predicted octanol–water partition coefficient (Wildman–Crippen LogP) is 3.80. The van der Waals surface area contributed by atoms with Gasteiger partial charge in [0.05, 0.1) is 12.7 Å². The van der Waals surface area contributed by atoms with Gasteiger partial charge in [-0.25, -0.2) is 0 Å². The summed E-state index contributed by atoms with van der Waals surface area (Å²) in [5.74, 6) is 0. The highest BCUT2D eigenvalue weighted by Gasteiger charge is 2.35. The molecule has 98 valence electrons. The summed E-state index contributed by atoms with van der Waals surface area (Å²) in [7, 11) is 3.90. The molecule has 0 unspecified atom stereocenters. The Bertz CT molecular complexity index is 367. The Morgan fingerprint density at radius 1 is 1.24 bits per heavy atom. The fraction of sp³-hybridized carbons (Fsp3) is 0.750. The minimum atomic E-state index is -1.35. The number of hydrogen-bond acceptors (Lipinski definition) is 0.